The van der Waals surface area contributed by atoms with Gasteiger partial charge in [0.15, 0.2) is 0 Å². The summed E-state index contributed by atoms with van der Waals surface area (Å²) < 4.78 is 18.7. The first-order valence-electron chi connectivity index (χ1n) is 5.77. The highest BCUT2D eigenvalue weighted by Gasteiger charge is 1.92. The molecule has 0 aromatic rings. The molecule has 110 valence electrons. The molecule has 0 radical (unpaired) electrons. The van der Waals surface area contributed by atoms with Gasteiger partial charge in [-0.15, -0.1) is 0 Å². The van der Waals surface area contributed by atoms with E-state index in [4.69, 9.17) is 4.74 Å². The van der Waals surface area contributed by atoms with E-state index in [1.54, 1.807) is 7.11 Å². The third-order valence-electron chi connectivity index (χ3n) is 1.54. The van der Waals surface area contributed by atoms with E-state index in [9.17, 15) is 9.59 Å². The minimum atomic E-state index is -0.410. The van der Waals surface area contributed by atoms with E-state index >= 15 is 0 Å². The van der Waals surface area contributed by atoms with Crippen LogP contribution in [0.1, 0.15) is 6.92 Å². The third kappa shape index (κ3) is 18.9. The van der Waals surface area contributed by atoms with Gasteiger partial charge in [-0.25, -0.2) is 9.59 Å². The van der Waals surface area contributed by atoms with Crippen molar-refractivity contribution < 1.29 is 28.5 Å². The molecule has 0 aliphatic carbocycles. The summed E-state index contributed by atoms with van der Waals surface area (Å²) in [5, 5.41) is 0. The fraction of sp³-hybridized carbons (Fsp3) is 0.538. The second kappa shape index (κ2) is 16.3. The summed E-state index contributed by atoms with van der Waals surface area (Å²) in [5.41, 5.74) is 0. The minimum Gasteiger partial charge on any atom is -0.460 e. The molecule has 0 amide bonds. The van der Waals surface area contributed by atoms with Gasteiger partial charge < -0.3 is 18.9 Å². The Kier molecular flexibility index (Phi) is 16.9. The predicted octanol–water partition coefficient (Wildman–Crippen LogP) is 1.11. The summed E-state index contributed by atoms with van der Waals surface area (Å²) in [7, 11) is 1.54. The Morgan fingerprint density at radius 2 is 1.42 bits per heavy atom. The first kappa shape index (κ1) is 19.7. The molecular formula is C13H22O6. The summed E-state index contributed by atoms with van der Waals surface area (Å²) in [6, 6.07) is 0. The average molecular weight is 274 g/mol. The van der Waals surface area contributed by atoms with Gasteiger partial charge in [-0.05, 0) is 6.92 Å². The van der Waals surface area contributed by atoms with Crippen LogP contribution in [0, 0.1) is 0 Å². The van der Waals surface area contributed by atoms with Gasteiger partial charge in [0.2, 0.25) is 0 Å². The van der Waals surface area contributed by atoms with Gasteiger partial charge in [-0.2, -0.15) is 0 Å². The first-order valence-corrected chi connectivity index (χ1v) is 5.77. The van der Waals surface area contributed by atoms with Gasteiger partial charge in [-0.3, -0.25) is 0 Å². The van der Waals surface area contributed by atoms with Crippen LogP contribution in [0.25, 0.3) is 0 Å². The molecule has 0 bridgehead atoms. The van der Waals surface area contributed by atoms with Crippen LogP contribution >= 0.6 is 0 Å². The predicted molar refractivity (Wildman–Crippen MR) is 70.7 cm³/mol. The Hall–Kier alpha value is -1.66. The van der Waals surface area contributed by atoms with Gasteiger partial charge in [0.1, 0.15) is 13.2 Å². The molecule has 0 aromatic carbocycles. The maximum Gasteiger partial charge on any atom is 0.330 e. The zero-order valence-corrected chi connectivity index (χ0v) is 11.6. The lowest BCUT2D eigenvalue weighted by molar-refractivity contribution is -0.139. The normalized spacial score (nSPS) is 8.74. The number of ether oxygens (including phenoxy) is 4. The molecule has 0 aliphatic heterocycles. The molecule has 0 unspecified atom stereocenters. The van der Waals surface area contributed by atoms with Gasteiger partial charge in [0.05, 0.1) is 13.2 Å². The molecule has 19 heavy (non-hydrogen) atoms. The van der Waals surface area contributed by atoms with Crippen molar-refractivity contribution in [3.63, 3.8) is 0 Å². The molecule has 0 aliphatic rings. The minimum absolute atomic E-state index is 0.293. The fourth-order valence-electron chi connectivity index (χ4n) is 0.689. The van der Waals surface area contributed by atoms with Crippen molar-refractivity contribution in [2.75, 3.05) is 40.1 Å². The van der Waals surface area contributed by atoms with Crippen molar-refractivity contribution in [1.82, 2.24) is 0 Å². The van der Waals surface area contributed by atoms with E-state index in [2.05, 4.69) is 27.4 Å². The van der Waals surface area contributed by atoms with Crippen molar-refractivity contribution in [3.05, 3.63) is 25.3 Å². The highest BCUT2D eigenvalue weighted by molar-refractivity contribution is 5.81. The van der Waals surface area contributed by atoms with Gasteiger partial charge in [-0.1, -0.05) is 13.2 Å². The lowest BCUT2D eigenvalue weighted by Crippen LogP contribution is -2.07. The number of hydrogen-bond donors (Lipinski definition) is 0. The molecule has 6 heteroatoms. The third-order valence-corrected chi connectivity index (χ3v) is 1.54. The molecule has 0 spiro atoms. The molecule has 0 atom stereocenters. The van der Waals surface area contributed by atoms with Crippen LogP contribution < -0.4 is 0 Å². The van der Waals surface area contributed by atoms with Crippen molar-refractivity contribution in [3.8, 4) is 0 Å². The molecule has 6 nitrogen and oxygen atoms in total. The maximum absolute atomic E-state index is 10.4. The Morgan fingerprint density at radius 1 is 0.947 bits per heavy atom. The van der Waals surface area contributed by atoms with Crippen LogP contribution in [0.3, 0.4) is 0 Å². The zero-order chi connectivity index (χ0) is 14.9. The second-order valence-electron chi connectivity index (χ2n) is 2.93. The van der Waals surface area contributed by atoms with E-state index in [-0.39, 0.29) is 0 Å². The second-order valence-corrected chi connectivity index (χ2v) is 2.93. The topological polar surface area (TPSA) is 71.1 Å². The van der Waals surface area contributed by atoms with E-state index in [0.717, 1.165) is 12.2 Å². The van der Waals surface area contributed by atoms with Gasteiger partial charge >= 0.3 is 11.9 Å². The van der Waals surface area contributed by atoms with Gasteiger partial charge in [0.25, 0.3) is 0 Å². The molecule has 0 fully saturated rings. The molecule has 0 saturated carbocycles. The van der Waals surface area contributed by atoms with Crippen molar-refractivity contribution >= 4 is 11.9 Å². The van der Waals surface area contributed by atoms with Crippen molar-refractivity contribution in [2.24, 2.45) is 0 Å². The Morgan fingerprint density at radius 3 is 1.79 bits per heavy atom. The van der Waals surface area contributed by atoms with Crippen LogP contribution in [0.5, 0.6) is 0 Å². The van der Waals surface area contributed by atoms with E-state index < -0.39 is 11.9 Å². The molecule has 0 saturated heterocycles. The van der Waals surface area contributed by atoms with Crippen LogP contribution in [0.15, 0.2) is 25.3 Å². The Labute approximate surface area is 114 Å². The zero-order valence-electron chi connectivity index (χ0n) is 11.6. The number of carbonyl (C=O) groups is 2. The summed E-state index contributed by atoms with van der Waals surface area (Å²) in [4.78, 5) is 20.7. The first-order chi connectivity index (χ1) is 9.12. The number of carbonyl (C=O) groups excluding carboxylic acids is 2. The Bertz CT molecular complexity index is 262. The Balaban J connectivity index is 0. The summed E-state index contributed by atoms with van der Waals surface area (Å²) >= 11 is 0. The summed E-state index contributed by atoms with van der Waals surface area (Å²) in [6.07, 6.45) is 2.25. The fourth-order valence-corrected chi connectivity index (χ4v) is 0.689. The largest absolute Gasteiger partial charge is 0.460 e. The number of rotatable bonds is 9. The van der Waals surface area contributed by atoms with Crippen LogP contribution in [0.4, 0.5) is 0 Å². The lowest BCUT2D eigenvalue weighted by Gasteiger charge is -2.00. The van der Waals surface area contributed by atoms with Crippen LogP contribution in [-0.2, 0) is 28.5 Å². The molecule has 0 rings (SSSR count). The lowest BCUT2D eigenvalue weighted by atomic mass is 10.6. The molecule has 0 heterocycles. The quantitative estimate of drug-likeness (QED) is 0.356. The summed E-state index contributed by atoms with van der Waals surface area (Å²) in [6.45, 7) is 10.5. The smallest absolute Gasteiger partial charge is 0.330 e. The highest BCUT2D eigenvalue weighted by Crippen LogP contribution is 1.80. The standard InChI is InChI=1S/C7H12O3.C6H10O3/c1-3-7(8)10-6-5-9-4-2;1-3-6(7)9-5-4-8-2/h3H,1,4-6H2,2H3;3H,1,4-5H2,2H3. The van der Waals surface area contributed by atoms with E-state index in [0.29, 0.717) is 33.0 Å². The number of esters is 2. The molecule has 0 N–H and O–H groups in total. The van der Waals surface area contributed by atoms with E-state index in [1.807, 2.05) is 6.92 Å². The van der Waals surface area contributed by atoms with Gasteiger partial charge in [0, 0.05) is 25.9 Å². The average Bonchev–Trinajstić information content (AvgIpc) is 2.44. The molecule has 0 aromatic heterocycles. The van der Waals surface area contributed by atoms with Crippen molar-refractivity contribution in [2.45, 2.75) is 6.92 Å². The summed E-state index contributed by atoms with van der Waals surface area (Å²) in [5.74, 6) is -0.813. The number of methoxy groups -OCH3 is 1. The van der Waals surface area contributed by atoms with Crippen LogP contribution in [-0.4, -0.2) is 52.1 Å². The van der Waals surface area contributed by atoms with E-state index in [1.165, 1.54) is 0 Å². The maximum atomic E-state index is 10.4. The highest BCUT2D eigenvalue weighted by atomic mass is 16.6. The van der Waals surface area contributed by atoms with Crippen LogP contribution in [0.2, 0.25) is 0 Å². The monoisotopic (exact) mass is 274 g/mol. The number of hydrogen-bond acceptors (Lipinski definition) is 6. The van der Waals surface area contributed by atoms with Crippen molar-refractivity contribution in [1.29, 1.82) is 0 Å². The molecular weight excluding hydrogens is 252 g/mol. The SMILES string of the molecule is C=CC(=O)OCCOC.C=CC(=O)OCCOCC.